The van der Waals surface area contributed by atoms with E-state index in [9.17, 15) is 4.79 Å². The van der Waals surface area contributed by atoms with Gasteiger partial charge in [-0.25, -0.2) is 0 Å². The first-order valence-electron chi connectivity index (χ1n) is 9.13. The largest absolute Gasteiger partial charge is 0.493 e. The number of ether oxygens (including phenoxy) is 3. The molecule has 1 atom stereocenters. The first kappa shape index (κ1) is 18.1. The molecule has 2 aliphatic rings. The van der Waals surface area contributed by atoms with E-state index in [2.05, 4.69) is 0 Å². The summed E-state index contributed by atoms with van der Waals surface area (Å²) in [5.41, 5.74) is 1.44. The zero-order chi connectivity index (χ0) is 17.9. The molecule has 1 amide bonds. The van der Waals surface area contributed by atoms with Crippen molar-refractivity contribution in [3.8, 4) is 11.5 Å². The number of piperidine rings is 1. The van der Waals surface area contributed by atoms with E-state index in [0.717, 1.165) is 37.9 Å². The van der Waals surface area contributed by atoms with Gasteiger partial charge < -0.3 is 19.1 Å². The van der Waals surface area contributed by atoms with Crippen molar-refractivity contribution in [2.24, 2.45) is 5.41 Å². The van der Waals surface area contributed by atoms with Gasteiger partial charge in [0.25, 0.3) is 0 Å². The third-order valence-corrected chi connectivity index (χ3v) is 6.06. The summed E-state index contributed by atoms with van der Waals surface area (Å²) in [6, 6.07) is 5.84. The van der Waals surface area contributed by atoms with Gasteiger partial charge >= 0.3 is 0 Å². The van der Waals surface area contributed by atoms with Crippen LogP contribution in [0.5, 0.6) is 11.5 Å². The van der Waals surface area contributed by atoms with Crippen LogP contribution in [0.2, 0.25) is 0 Å². The monoisotopic (exact) mass is 347 g/mol. The summed E-state index contributed by atoms with van der Waals surface area (Å²) >= 11 is 0. The van der Waals surface area contributed by atoms with Crippen molar-refractivity contribution in [3.63, 3.8) is 0 Å². The summed E-state index contributed by atoms with van der Waals surface area (Å²) in [5, 5.41) is 0. The first-order chi connectivity index (χ1) is 12.1. The van der Waals surface area contributed by atoms with Gasteiger partial charge in [-0.05, 0) is 49.8 Å². The van der Waals surface area contributed by atoms with Crippen molar-refractivity contribution >= 4 is 5.91 Å². The van der Waals surface area contributed by atoms with E-state index in [1.165, 1.54) is 12.8 Å². The van der Waals surface area contributed by atoms with Crippen LogP contribution in [0.1, 0.15) is 37.7 Å². The number of hydrogen-bond acceptors (Lipinski definition) is 4. The smallest absolute Gasteiger partial charge is 0.222 e. The number of carbonyl (C=O) groups excluding carboxylic acids is 1. The second kappa shape index (κ2) is 7.65. The van der Waals surface area contributed by atoms with Crippen LogP contribution in [-0.2, 0) is 16.0 Å². The minimum Gasteiger partial charge on any atom is -0.493 e. The molecule has 1 spiro atoms. The number of aryl methyl sites for hydroxylation is 1. The molecule has 138 valence electrons. The molecule has 25 heavy (non-hydrogen) atoms. The molecule has 1 aliphatic carbocycles. The van der Waals surface area contributed by atoms with E-state index in [1.54, 1.807) is 14.2 Å². The first-order valence-corrected chi connectivity index (χ1v) is 9.13. The Hall–Kier alpha value is -1.75. The average molecular weight is 347 g/mol. The van der Waals surface area contributed by atoms with Crippen molar-refractivity contribution in [2.75, 3.05) is 34.4 Å². The number of amides is 1. The van der Waals surface area contributed by atoms with E-state index in [4.69, 9.17) is 14.2 Å². The molecule has 1 unspecified atom stereocenters. The summed E-state index contributed by atoms with van der Waals surface area (Å²) in [5.74, 6) is 1.67. The van der Waals surface area contributed by atoms with Crippen LogP contribution < -0.4 is 9.47 Å². The quantitative estimate of drug-likeness (QED) is 0.793. The van der Waals surface area contributed by atoms with E-state index in [0.29, 0.717) is 29.4 Å². The summed E-state index contributed by atoms with van der Waals surface area (Å²) in [6.45, 7) is 1.73. The molecule has 5 heteroatoms. The average Bonchev–Trinajstić information content (AvgIpc) is 2.65. The zero-order valence-electron chi connectivity index (χ0n) is 15.5. The van der Waals surface area contributed by atoms with Gasteiger partial charge in [0.1, 0.15) is 0 Å². The third-order valence-electron chi connectivity index (χ3n) is 6.06. The second-order valence-corrected chi connectivity index (χ2v) is 7.20. The zero-order valence-corrected chi connectivity index (χ0v) is 15.5. The second-order valence-electron chi connectivity index (χ2n) is 7.20. The molecule has 5 nitrogen and oxygen atoms in total. The Bertz CT molecular complexity index is 606. The van der Waals surface area contributed by atoms with Crippen LogP contribution in [0.4, 0.5) is 0 Å². The molecule has 0 bridgehead atoms. The number of rotatable bonds is 6. The summed E-state index contributed by atoms with van der Waals surface area (Å²) < 4.78 is 16.2. The standard InChI is InChI=1S/C20H29NO4/c1-23-16-6-4-15(14-17(16)24-2)5-7-19(22)21-12-10-20(11-13-21)9-8-18(20)25-3/h4,6,14,18H,5,7-13H2,1-3H3. The number of benzene rings is 1. The van der Waals surface area contributed by atoms with Gasteiger partial charge in [0.05, 0.1) is 20.3 Å². The fourth-order valence-corrected chi connectivity index (χ4v) is 4.26. The van der Waals surface area contributed by atoms with Crippen LogP contribution >= 0.6 is 0 Å². The van der Waals surface area contributed by atoms with Gasteiger partial charge in [0, 0.05) is 32.0 Å². The van der Waals surface area contributed by atoms with Gasteiger partial charge in [-0.3, -0.25) is 4.79 Å². The van der Waals surface area contributed by atoms with Crippen molar-refractivity contribution < 1.29 is 19.0 Å². The lowest BCUT2D eigenvalue weighted by molar-refractivity contribution is -0.144. The highest BCUT2D eigenvalue weighted by atomic mass is 16.5. The minimum atomic E-state index is 0.248. The molecule has 1 aliphatic heterocycles. The molecule has 1 saturated heterocycles. The lowest BCUT2D eigenvalue weighted by Gasteiger charge is -2.53. The predicted octanol–water partition coefficient (Wildman–Crippen LogP) is 3.05. The van der Waals surface area contributed by atoms with E-state index in [1.807, 2.05) is 30.2 Å². The Morgan fingerprint density at radius 3 is 2.40 bits per heavy atom. The maximum absolute atomic E-state index is 12.6. The van der Waals surface area contributed by atoms with Crippen molar-refractivity contribution in [1.29, 1.82) is 0 Å². The van der Waals surface area contributed by atoms with Gasteiger partial charge in [-0.15, -0.1) is 0 Å². The highest BCUT2D eigenvalue weighted by Crippen LogP contribution is 2.50. The molecular formula is C20H29NO4. The highest BCUT2D eigenvalue weighted by Gasteiger charge is 2.48. The predicted molar refractivity (Wildman–Crippen MR) is 96.1 cm³/mol. The molecule has 3 rings (SSSR count). The molecule has 1 aromatic rings. The molecule has 1 aromatic carbocycles. The number of likely N-dealkylation sites (tertiary alicyclic amines) is 1. The number of methoxy groups -OCH3 is 3. The fourth-order valence-electron chi connectivity index (χ4n) is 4.26. The summed E-state index contributed by atoms with van der Waals surface area (Å²) in [4.78, 5) is 14.6. The minimum absolute atomic E-state index is 0.248. The van der Waals surface area contributed by atoms with Gasteiger partial charge in [0.15, 0.2) is 11.5 Å². The molecule has 0 aromatic heterocycles. The number of nitrogens with zero attached hydrogens (tertiary/aromatic N) is 1. The lowest BCUT2D eigenvalue weighted by atomic mass is 9.61. The van der Waals surface area contributed by atoms with E-state index < -0.39 is 0 Å². The van der Waals surface area contributed by atoms with Crippen molar-refractivity contribution in [3.05, 3.63) is 23.8 Å². The summed E-state index contributed by atoms with van der Waals surface area (Å²) in [7, 11) is 5.07. The van der Waals surface area contributed by atoms with E-state index >= 15 is 0 Å². The van der Waals surface area contributed by atoms with Crippen LogP contribution in [-0.4, -0.2) is 51.3 Å². The highest BCUT2D eigenvalue weighted by molar-refractivity contribution is 5.76. The molecular weight excluding hydrogens is 318 g/mol. The van der Waals surface area contributed by atoms with Gasteiger partial charge in [-0.1, -0.05) is 6.07 Å². The number of hydrogen-bond donors (Lipinski definition) is 0. The fraction of sp³-hybridized carbons (Fsp3) is 0.650. The Morgan fingerprint density at radius 1 is 1.12 bits per heavy atom. The third kappa shape index (κ3) is 3.61. The van der Waals surface area contributed by atoms with Gasteiger partial charge in [-0.2, -0.15) is 0 Å². The van der Waals surface area contributed by atoms with Crippen LogP contribution in [0.3, 0.4) is 0 Å². The lowest BCUT2D eigenvalue weighted by Crippen LogP contribution is -2.53. The van der Waals surface area contributed by atoms with Crippen LogP contribution in [0.25, 0.3) is 0 Å². The molecule has 1 heterocycles. The topological polar surface area (TPSA) is 48.0 Å². The molecule has 2 fully saturated rings. The Labute approximate surface area is 150 Å². The van der Waals surface area contributed by atoms with Crippen molar-refractivity contribution in [2.45, 2.75) is 44.6 Å². The molecule has 0 N–H and O–H groups in total. The van der Waals surface area contributed by atoms with Gasteiger partial charge in [0.2, 0.25) is 5.91 Å². The number of carbonyl (C=O) groups is 1. The maximum Gasteiger partial charge on any atom is 0.222 e. The molecule has 0 radical (unpaired) electrons. The Kier molecular flexibility index (Phi) is 5.52. The molecule has 1 saturated carbocycles. The normalized spacial score (nSPS) is 21.7. The Morgan fingerprint density at radius 2 is 1.84 bits per heavy atom. The summed E-state index contributed by atoms with van der Waals surface area (Å²) in [6.07, 6.45) is 6.23. The van der Waals surface area contributed by atoms with Crippen LogP contribution in [0, 0.1) is 5.41 Å². The van der Waals surface area contributed by atoms with E-state index in [-0.39, 0.29) is 5.91 Å². The van der Waals surface area contributed by atoms with Crippen LogP contribution in [0.15, 0.2) is 18.2 Å². The maximum atomic E-state index is 12.6. The van der Waals surface area contributed by atoms with Crippen molar-refractivity contribution in [1.82, 2.24) is 4.90 Å². The Balaban J connectivity index is 1.50. The SMILES string of the molecule is COc1ccc(CCC(=O)N2CCC3(CCC3OC)CC2)cc1OC.